The number of carbonyl (C=O) groups is 2. The molecule has 1 unspecified atom stereocenters. The summed E-state index contributed by atoms with van der Waals surface area (Å²) in [5.41, 5.74) is 1.21. The number of carbonyl (C=O) groups excluding carboxylic acids is 2. The number of hydrogen-bond acceptors (Lipinski definition) is 2. The molecule has 1 aliphatic heterocycles. The van der Waals surface area contributed by atoms with Gasteiger partial charge in [-0.05, 0) is 25.0 Å². The van der Waals surface area contributed by atoms with Crippen LogP contribution in [0, 0.1) is 5.92 Å². The molecule has 2 heterocycles. The van der Waals surface area contributed by atoms with Crippen LogP contribution in [0.3, 0.4) is 0 Å². The molecule has 1 atom stereocenters. The maximum Gasteiger partial charge on any atom is 0.224 e. The van der Waals surface area contributed by atoms with Crippen LogP contribution in [0.25, 0.3) is 0 Å². The average molecular weight is 291 g/mol. The molecular weight excluding hydrogens is 266 g/mol. The lowest BCUT2D eigenvalue weighted by Gasteiger charge is -2.31. The number of nitrogens with one attached hydrogen (secondary N) is 1. The Labute approximate surface area is 126 Å². The summed E-state index contributed by atoms with van der Waals surface area (Å²) in [5, 5.41) is 3.01. The first-order valence-corrected chi connectivity index (χ1v) is 7.77. The molecule has 5 heteroatoms. The van der Waals surface area contributed by atoms with Gasteiger partial charge in [-0.2, -0.15) is 0 Å². The van der Waals surface area contributed by atoms with Crippen molar-refractivity contribution in [3.05, 3.63) is 24.0 Å². The lowest BCUT2D eigenvalue weighted by molar-refractivity contribution is -0.138. The van der Waals surface area contributed by atoms with E-state index in [0.29, 0.717) is 25.9 Å². The Bertz CT molecular complexity index is 495. The van der Waals surface area contributed by atoms with Crippen molar-refractivity contribution >= 4 is 11.8 Å². The molecule has 1 fully saturated rings. The highest BCUT2D eigenvalue weighted by Crippen LogP contribution is 2.18. The van der Waals surface area contributed by atoms with E-state index in [9.17, 15) is 9.59 Å². The summed E-state index contributed by atoms with van der Waals surface area (Å²) in [6.45, 7) is 4.03. The van der Waals surface area contributed by atoms with E-state index >= 15 is 0 Å². The largest absolute Gasteiger partial charge is 0.355 e. The number of hydrogen-bond donors (Lipinski definition) is 1. The molecule has 0 aromatic carbocycles. The van der Waals surface area contributed by atoms with Crippen LogP contribution in [-0.4, -0.2) is 40.9 Å². The summed E-state index contributed by atoms with van der Waals surface area (Å²) < 4.78 is 2.06. The summed E-state index contributed by atoms with van der Waals surface area (Å²) in [6.07, 6.45) is 4.95. The molecule has 0 saturated carbocycles. The molecule has 21 heavy (non-hydrogen) atoms. The summed E-state index contributed by atoms with van der Waals surface area (Å²) in [6, 6.07) is 4.07. The van der Waals surface area contributed by atoms with E-state index in [1.165, 1.54) is 5.69 Å². The van der Waals surface area contributed by atoms with E-state index in [0.717, 1.165) is 19.4 Å². The number of piperidine rings is 1. The molecule has 2 rings (SSSR count). The lowest BCUT2D eigenvalue weighted by atomic mass is 9.96. The minimum absolute atomic E-state index is 0.0531. The van der Waals surface area contributed by atoms with Gasteiger partial charge >= 0.3 is 0 Å². The van der Waals surface area contributed by atoms with Crippen LogP contribution < -0.4 is 5.32 Å². The first-order chi connectivity index (χ1) is 10.1. The smallest absolute Gasteiger partial charge is 0.224 e. The zero-order valence-electron chi connectivity index (χ0n) is 13.0. The highest BCUT2D eigenvalue weighted by molar-refractivity contribution is 5.83. The number of rotatable bonds is 6. The minimum Gasteiger partial charge on any atom is -0.355 e. The molecule has 0 spiro atoms. The van der Waals surface area contributed by atoms with Gasteiger partial charge in [0, 0.05) is 51.4 Å². The molecule has 0 aliphatic carbocycles. The Morgan fingerprint density at radius 2 is 2.29 bits per heavy atom. The third-order valence-electron chi connectivity index (χ3n) is 4.10. The van der Waals surface area contributed by atoms with Crippen LogP contribution in [0.1, 0.15) is 31.9 Å². The molecule has 1 N–H and O–H groups in total. The van der Waals surface area contributed by atoms with Gasteiger partial charge in [-0.1, -0.05) is 6.92 Å². The van der Waals surface area contributed by atoms with Gasteiger partial charge in [0.2, 0.25) is 11.8 Å². The number of aryl methyl sites for hydroxylation is 1. The second kappa shape index (κ2) is 7.29. The molecule has 116 valence electrons. The Balaban J connectivity index is 1.78. The topological polar surface area (TPSA) is 54.3 Å². The Kier molecular flexibility index (Phi) is 5.42. The first-order valence-electron chi connectivity index (χ1n) is 7.77. The van der Waals surface area contributed by atoms with Crippen LogP contribution in [0.2, 0.25) is 0 Å². The average Bonchev–Trinajstić information content (AvgIpc) is 2.87. The zero-order valence-corrected chi connectivity index (χ0v) is 13.0. The highest BCUT2D eigenvalue weighted by atomic mass is 16.2. The first kappa shape index (κ1) is 15.6. The highest BCUT2D eigenvalue weighted by Gasteiger charge is 2.29. The van der Waals surface area contributed by atoms with Crippen LogP contribution >= 0.6 is 0 Å². The Morgan fingerprint density at radius 3 is 2.95 bits per heavy atom. The van der Waals surface area contributed by atoms with Crippen molar-refractivity contribution in [1.29, 1.82) is 0 Å². The van der Waals surface area contributed by atoms with E-state index < -0.39 is 0 Å². The fourth-order valence-corrected chi connectivity index (χ4v) is 2.83. The van der Waals surface area contributed by atoms with Crippen LogP contribution in [0.15, 0.2) is 18.3 Å². The van der Waals surface area contributed by atoms with Gasteiger partial charge in [0.15, 0.2) is 0 Å². The molecular formula is C16H25N3O2. The van der Waals surface area contributed by atoms with Crippen molar-refractivity contribution in [2.45, 2.75) is 32.6 Å². The quantitative estimate of drug-likeness (QED) is 0.860. The van der Waals surface area contributed by atoms with E-state index in [-0.39, 0.29) is 17.7 Å². The molecule has 0 radical (unpaired) electrons. The number of nitrogens with zero attached hydrogens (tertiary/aromatic N) is 2. The van der Waals surface area contributed by atoms with Gasteiger partial charge in [-0.3, -0.25) is 9.59 Å². The number of amides is 2. The van der Waals surface area contributed by atoms with Crippen molar-refractivity contribution < 1.29 is 9.59 Å². The van der Waals surface area contributed by atoms with Crippen molar-refractivity contribution in [2.75, 3.05) is 19.6 Å². The van der Waals surface area contributed by atoms with Crippen LogP contribution in [0.4, 0.5) is 0 Å². The predicted octanol–water partition coefficient (Wildman–Crippen LogP) is 1.33. The van der Waals surface area contributed by atoms with Gasteiger partial charge in [-0.25, -0.2) is 0 Å². The van der Waals surface area contributed by atoms with Gasteiger partial charge in [0.1, 0.15) is 0 Å². The van der Waals surface area contributed by atoms with E-state index in [2.05, 4.69) is 22.9 Å². The van der Waals surface area contributed by atoms with E-state index in [1.54, 1.807) is 0 Å². The predicted molar refractivity (Wildman–Crippen MR) is 81.7 cm³/mol. The number of likely N-dealkylation sites (tertiary alicyclic amines) is 1. The maximum absolute atomic E-state index is 12.2. The molecule has 1 saturated heterocycles. The third kappa shape index (κ3) is 4.09. The van der Waals surface area contributed by atoms with Gasteiger partial charge < -0.3 is 14.8 Å². The van der Waals surface area contributed by atoms with Crippen molar-refractivity contribution in [3.63, 3.8) is 0 Å². The zero-order chi connectivity index (χ0) is 15.2. The summed E-state index contributed by atoms with van der Waals surface area (Å²) in [4.78, 5) is 25.8. The molecule has 1 aromatic heterocycles. The van der Waals surface area contributed by atoms with Crippen molar-refractivity contribution in [2.24, 2.45) is 13.0 Å². The SMILES string of the molecule is CCCN1CC(C(=O)NCCc2cccn2C)CCC1=O. The molecule has 5 nitrogen and oxygen atoms in total. The Hall–Kier alpha value is -1.78. The van der Waals surface area contributed by atoms with Gasteiger partial charge in [-0.15, -0.1) is 0 Å². The molecule has 2 amide bonds. The molecule has 0 bridgehead atoms. The second-order valence-electron chi connectivity index (χ2n) is 5.73. The normalized spacial score (nSPS) is 18.9. The van der Waals surface area contributed by atoms with Gasteiger partial charge in [0.25, 0.3) is 0 Å². The monoisotopic (exact) mass is 291 g/mol. The van der Waals surface area contributed by atoms with Gasteiger partial charge in [0.05, 0.1) is 5.92 Å². The fourth-order valence-electron chi connectivity index (χ4n) is 2.83. The third-order valence-corrected chi connectivity index (χ3v) is 4.10. The standard InChI is InChI=1S/C16H25N3O2/c1-3-10-19-12-13(6-7-15(19)20)16(21)17-9-8-14-5-4-11-18(14)2/h4-5,11,13H,3,6-10,12H2,1-2H3,(H,17,21). The fraction of sp³-hybridized carbons (Fsp3) is 0.625. The minimum atomic E-state index is -0.0531. The van der Waals surface area contributed by atoms with E-state index in [4.69, 9.17) is 0 Å². The van der Waals surface area contributed by atoms with Crippen molar-refractivity contribution in [1.82, 2.24) is 14.8 Å². The molecule has 1 aliphatic rings. The second-order valence-corrected chi connectivity index (χ2v) is 5.73. The molecule has 1 aromatic rings. The Morgan fingerprint density at radius 1 is 1.48 bits per heavy atom. The summed E-state index contributed by atoms with van der Waals surface area (Å²) in [5.74, 6) is 0.213. The number of aromatic nitrogens is 1. The van der Waals surface area contributed by atoms with Crippen LogP contribution in [0.5, 0.6) is 0 Å². The van der Waals surface area contributed by atoms with E-state index in [1.807, 2.05) is 24.2 Å². The maximum atomic E-state index is 12.2. The summed E-state index contributed by atoms with van der Waals surface area (Å²) in [7, 11) is 2.01. The van der Waals surface area contributed by atoms with Crippen molar-refractivity contribution in [3.8, 4) is 0 Å². The lowest BCUT2D eigenvalue weighted by Crippen LogP contribution is -2.46. The summed E-state index contributed by atoms with van der Waals surface area (Å²) >= 11 is 0. The van der Waals surface area contributed by atoms with Crippen LogP contribution in [-0.2, 0) is 23.1 Å².